The van der Waals surface area contributed by atoms with Gasteiger partial charge >= 0.3 is 17.9 Å². The molecule has 0 aromatic heterocycles. The van der Waals surface area contributed by atoms with Crippen LogP contribution in [0.4, 0.5) is 0 Å². The molecule has 0 bridgehead atoms. The number of hydrogen-bond donors (Lipinski definition) is 0. The van der Waals surface area contributed by atoms with Gasteiger partial charge in [0.05, 0.1) is 0 Å². The Morgan fingerprint density at radius 3 is 0.892 bits per heavy atom. The lowest BCUT2D eigenvalue weighted by atomic mass is 10.0. The topological polar surface area (TPSA) is 78.9 Å². The third kappa shape index (κ3) is 52.5. The molecule has 0 aromatic carbocycles. The van der Waals surface area contributed by atoms with E-state index in [0.29, 0.717) is 19.3 Å². The minimum absolute atomic E-state index is 0.0750. The van der Waals surface area contributed by atoms with Gasteiger partial charge in [-0.3, -0.25) is 14.4 Å². The molecule has 0 amide bonds. The SMILES string of the molecule is CCCCC/C=C\C/C=C\CCCCCCCC(=O)O[C@H](COC(=O)CCCCCCCCCCC/C=C\CCCCCCCC)COC(=O)CCCCCCCCCCCCCCC. The van der Waals surface area contributed by atoms with Crippen molar-refractivity contribution in [3.05, 3.63) is 36.5 Å². The van der Waals surface area contributed by atoms with E-state index in [4.69, 9.17) is 14.2 Å². The first-order chi connectivity index (χ1) is 32.0. The quantitative estimate of drug-likeness (QED) is 0.0262. The molecule has 380 valence electrons. The number of rotatable bonds is 52. The second-order valence-electron chi connectivity index (χ2n) is 19.2. The first kappa shape index (κ1) is 62.6. The minimum Gasteiger partial charge on any atom is -0.462 e. The smallest absolute Gasteiger partial charge is 0.306 e. The van der Waals surface area contributed by atoms with E-state index in [-0.39, 0.29) is 31.1 Å². The molecule has 0 aromatic rings. The summed E-state index contributed by atoms with van der Waals surface area (Å²) in [5.41, 5.74) is 0. The van der Waals surface area contributed by atoms with Crippen molar-refractivity contribution >= 4 is 17.9 Å². The van der Waals surface area contributed by atoms with Crippen LogP contribution in [0.25, 0.3) is 0 Å². The summed E-state index contributed by atoms with van der Waals surface area (Å²) >= 11 is 0. The fraction of sp³-hybridized carbons (Fsp3) is 0.847. The second kappa shape index (κ2) is 54.2. The van der Waals surface area contributed by atoms with Crippen molar-refractivity contribution < 1.29 is 28.6 Å². The molecular formula is C59H108O6. The van der Waals surface area contributed by atoms with Crippen LogP contribution in [0.2, 0.25) is 0 Å². The molecule has 1 atom stereocenters. The van der Waals surface area contributed by atoms with Gasteiger partial charge in [-0.05, 0) is 77.0 Å². The van der Waals surface area contributed by atoms with Gasteiger partial charge in [-0.15, -0.1) is 0 Å². The van der Waals surface area contributed by atoms with Gasteiger partial charge in [0.25, 0.3) is 0 Å². The largest absolute Gasteiger partial charge is 0.462 e. The zero-order valence-corrected chi connectivity index (χ0v) is 43.5. The standard InChI is InChI=1S/C59H108O6/c1-4-7-10-13-16-19-22-25-27-28-29-30-32-34-37-40-43-46-49-52-58(61)64-55-56(54-63-57(60)51-48-45-42-39-36-33-24-21-18-15-12-9-6-3)65-59(62)53-50-47-44-41-38-35-31-26-23-20-17-14-11-8-5-2/h17,20,25-27,31,56H,4-16,18-19,21-24,28-30,32-55H2,1-3H3/b20-17-,27-25-,31-26-/t56-/m0/s1. The molecule has 6 nitrogen and oxygen atoms in total. The van der Waals surface area contributed by atoms with Crippen LogP contribution in [0.5, 0.6) is 0 Å². The van der Waals surface area contributed by atoms with Gasteiger partial charge in [-0.2, -0.15) is 0 Å². The molecule has 0 radical (unpaired) electrons. The summed E-state index contributed by atoms with van der Waals surface area (Å²) in [6.07, 6.45) is 64.1. The number of ether oxygens (including phenoxy) is 3. The normalized spacial score (nSPS) is 12.2. The second-order valence-corrected chi connectivity index (χ2v) is 19.2. The fourth-order valence-electron chi connectivity index (χ4n) is 8.29. The Morgan fingerprint density at radius 1 is 0.308 bits per heavy atom. The highest BCUT2D eigenvalue weighted by molar-refractivity contribution is 5.71. The Balaban J connectivity index is 4.34. The zero-order chi connectivity index (χ0) is 47.2. The van der Waals surface area contributed by atoms with Crippen molar-refractivity contribution in [2.24, 2.45) is 0 Å². The Labute approximate surface area is 404 Å². The van der Waals surface area contributed by atoms with Crippen molar-refractivity contribution in [2.75, 3.05) is 13.2 Å². The molecule has 65 heavy (non-hydrogen) atoms. The lowest BCUT2D eigenvalue weighted by molar-refractivity contribution is -0.167. The van der Waals surface area contributed by atoms with E-state index < -0.39 is 6.10 Å². The van der Waals surface area contributed by atoms with Crippen LogP contribution in [-0.4, -0.2) is 37.2 Å². The molecule has 0 saturated carbocycles. The Morgan fingerprint density at radius 2 is 0.554 bits per heavy atom. The van der Waals surface area contributed by atoms with Crippen LogP contribution in [0.15, 0.2) is 36.5 Å². The molecular weight excluding hydrogens is 805 g/mol. The van der Waals surface area contributed by atoms with Gasteiger partial charge in [-0.25, -0.2) is 0 Å². The van der Waals surface area contributed by atoms with E-state index in [1.54, 1.807) is 0 Å². The van der Waals surface area contributed by atoms with E-state index in [2.05, 4.69) is 57.2 Å². The van der Waals surface area contributed by atoms with Gasteiger partial charge in [0.15, 0.2) is 6.10 Å². The monoisotopic (exact) mass is 913 g/mol. The van der Waals surface area contributed by atoms with Crippen LogP contribution >= 0.6 is 0 Å². The van der Waals surface area contributed by atoms with Crippen molar-refractivity contribution in [1.29, 1.82) is 0 Å². The highest BCUT2D eigenvalue weighted by atomic mass is 16.6. The van der Waals surface area contributed by atoms with Crippen LogP contribution in [0, 0.1) is 0 Å². The van der Waals surface area contributed by atoms with E-state index in [9.17, 15) is 14.4 Å². The van der Waals surface area contributed by atoms with Crippen molar-refractivity contribution in [2.45, 2.75) is 309 Å². The molecule has 0 aliphatic rings. The number of allylic oxidation sites excluding steroid dienone is 6. The molecule has 0 fully saturated rings. The summed E-state index contributed by atoms with van der Waals surface area (Å²) in [7, 11) is 0. The predicted octanol–water partition coefficient (Wildman–Crippen LogP) is 18.9. The number of unbranched alkanes of at least 4 members (excludes halogenated alkanes) is 35. The molecule has 0 spiro atoms. The highest BCUT2D eigenvalue weighted by Crippen LogP contribution is 2.16. The van der Waals surface area contributed by atoms with Crippen molar-refractivity contribution in [3.8, 4) is 0 Å². The molecule has 0 aliphatic carbocycles. The molecule has 6 heteroatoms. The third-order valence-corrected chi connectivity index (χ3v) is 12.6. The van der Waals surface area contributed by atoms with Crippen LogP contribution < -0.4 is 0 Å². The Hall–Kier alpha value is -2.37. The molecule has 0 unspecified atom stereocenters. The van der Waals surface area contributed by atoms with Crippen LogP contribution in [0.3, 0.4) is 0 Å². The maximum absolute atomic E-state index is 12.8. The van der Waals surface area contributed by atoms with Gasteiger partial charge in [-0.1, -0.05) is 243 Å². The Kier molecular flexibility index (Phi) is 52.3. The first-order valence-corrected chi connectivity index (χ1v) is 28.5. The number of esters is 3. The summed E-state index contributed by atoms with van der Waals surface area (Å²) in [4.78, 5) is 38.1. The molecule has 0 rings (SSSR count). The maximum atomic E-state index is 12.8. The maximum Gasteiger partial charge on any atom is 0.306 e. The van der Waals surface area contributed by atoms with Gasteiger partial charge in [0.1, 0.15) is 13.2 Å². The Bertz CT molecular complexity index is 1090. The summed E-state index contributed by atoms with van der Waals surface area (Å²) in [6, 6.07) is 0. The average molecular weight is 914 g/mol. The number of carbonyl (C=O) groups is 3. The van der Waals surface area contributed by atoms with Crippen molar-refractivity contribution in [1.82, 2.24) is 0 Å². The van der Waals surface area contributed by atoms with Gasteiger partial charge in [0, 0.05) is 19.3 Å². The fourth-order valence-corrected chi connectivity index (χ4v) is 8.29. The molecule has 0 heterocycles. The summed E-state index contributed by atoms with van der Waals surface area (Å²) in [5, 5.41) is 0. The summed E-state index contributed by atoms with van der Waals surface area (Å²) in [6.45, 7) is 6.63. The molecule has 0 N–H and O–H groups in total. The van der Waals surface area contributed by atoms with Crippen LogP contribution in [0.1, 0.15) is 303 Å². The number of carbonyl (C=O) groups excluding carboxylic acids is 3. The lowest BCUT2D eigenvalue weighted by Crippen LogP contribution is -2.30. The zero-order valence-electron chi connectivity index (χ0n) is 43.5. The summed E-state index contributed by atoms with van der Waals surface area (Å²) < 4.78 is 16.9. The van der Waals surface area contributed by atoms with E-state index >= 15 is 0 Å². The van der Waals surface area contributed by atoms with E-state index in [0.717, 1.165) is 83.5 Å². The summed E-state index contributed by atoms with van der Waals surface area (Å²) in [5.74, 6) is -0.876. The lowest BCUT2D eigenvalue weighted by Gasteiger charge is -2.18. The first-order valence-electron chi connectivity index (χ1n) is 28.5. The van der Waals surface area contributed by atoms with Gasteiger partial charge < -0.3 is 14.2 Å². The third-order valence-electron chi connectivity index (χ3n) is 12.6. The minimum atomic E-state index is -0.777. The van der Waals surface area contributed by atoms with Crippen molar-refractivity contribution in [3.63, 3.8) is 0 Å². The van der Waals surface area contributed by atoms with Gasteiger partial charge in [0.2, 0.25) is 0 Å². The van der Waals surface area contributed by atoms with E-state index in [1.807, 2.05) is 0 Å². The number of hydrogen-bond acceptors (Lipinski definition) is 6. The predicted molar refractivity (Wildman–Crippen MR) is 279 cm³/mol. The van der Waals surface area contributed by atoms with E-state index in [1.165, 1.54) is 180 Å². The average Bonchev–Trinajstić information content (AvgIpc) is 3.30. The van der Waals surface area contributed by atoms with Crippen LogP contribution in [-0.2, 0) is 28.6 Å². The molecule has 0 saturated heterocycles. The molecule has 0 aliphatic heterocycles. The highest BCUT2D eigenvalue weighted by Gasteiger charge is 2.19.